The lowest BCUT2D eigenvalue weighted by molar-refractivity contribution is -0.114. The van der Waals surface area contributed by atoms with Gasteiger partial charge in [-0.05, 0) is 22.8 Å². The summed E-state index contributed by atoms with van der Waals surface area (Å²) in [6.45, 7) is 0.731. The van der Waals surface area contributed by atoms with E-state index in [0.29, 0.717) is 12.0 Å². The van der Waals surface area contributed by atoms with E-state index in [0.717, 1.165) is 6.54 Å². The van der Waals surface area contributed by atoms with Crippen LogP contribution < -0.4 is 5.73 Å². The highest BCUT2D eigenvalue weighted by molar-refractivity contribution is 5.92. The zero-order valence-electron chi connectivity index (χ0n) is 11.1. The lowest BCUT2D eigenvalue weighted by Gasteiger charge is -2.21. The predicted molar refractivity (Wildman–Crippen MR) is 80.5 cm³/mol. The quantitative estimate of drug-likeness (QED) is 0.926. The zero-order chi connectivity index (χ0) is 13.9. The van der Waals surface area contributed by atoms with E-state index in [1.54, 1.807) is 0 Å². The molecule has 0 fully saturated rings. The van der Waals surface area contributed by atoms with Gasteiger partial charge < -0.3 is 10.6 Å². The van der Waals surface area contributed by atoms with Crippen molar-refractivity contribution in [2.24, 2.45) is 5.73 Å². The summed E-state index contributed by atoms with van der Waals surface area (Å²) in [7, 11) is 0. The summed E-state index contributed by atoms with van der Waals surface area (Å²) >= 11 is 0. The van der Waals surface area contributed by atoms with Gasteiger partial charge in [-0.2, -0.15) is 0 Å². The standard InChI is InChI=1S/C17H16N2O/c18-17(20)15-8-4-10-19(12-15)11-14-7-3-6-13-5-1-2-9-16(13)14/h1-7,9-10,12H,8,11H2,(H2,18,20). The summed E-state index contributed by atoms with van der Waals surface area (Å²) in [4.78, 5) is 13.3. The van der Waals surface area contributed by atoms with E-state index in [2.05, 4.69) is 30.3 Å². The first-order valence-electron chi connectivity index (χ1n) is 6.63. The van der Waals surface area contributed by atoms with Crippen LogP contribution in [0, 0.1) is 0 Å². The summed E-state index contributed by atoms with van der Waals surface area (Å²) in [5.74, 6) is -0.350. The Bertz CT molecular complexity index is 711. The van der Waals surface area contributed by atoms with Crippen molar-refractivity contribution in [2.45, 2.75) is 13.0 Å². The molecule has 3 nitrogen and oxygen atoms in total. The first-order valence-corrected chi connectivity index (χ1v) is 6.63. The van der Waals surface area contributed by atoms with E-state index >= 15 is 0 Å². The molecule has 0 saturated carbocycles. The fraction of sp³-hybridized carbons (Fsp3) is 0.118. The van der Waals surface area contributed by atoms with Gasteiger partial charge in [0.15, 0.2) is 0 Å². The normalized spacial score (nSPS) is 14.4. The lowest BCUT2D eigenvalue weighted by Crippen LogP contribution is -2.20. The minimum atomic E-state index is -0.350. The van der Waals surface area contributed by atoms with Gasteiger partial charge in [0.25, 0.3) is 0 Å². The van der Waals surface area contributed by atoms with Crippen molar-refractivity contribution in [3.05, 3.63) is 72.1 Å². The lowest BCUT2D eigenvalue weighted by atomic mass is 10.0. The minimum Gasteiger partial charge on any atom is -0.366 e. The van der Waals surface area contributed by atoms with Crippen molar-refractivity contribution >= 4 is 16.7 Å². The van der Waals surface area contributed by atoms with Gasteiger partial charge in [0.05, 0.1) is 0 Å². The Morgan fingerprint density at radius 1 is 1.15 bits per heavy atom. The number of rotatable bonds is 3. The summed E-state index contributed by atoms with van der Waals surface area (Å²) < 4.78 is 0. The Morgan fingerprint density at radius 2 is 1.95 bits per heavy atom. The molecule has 2 N–H and O–H groups in total. The van der Waals surface area contributed by atoms with E-state index in [1.807, 2.05) is 35.5 Å². The second-order valence-corrected chi connectivity index (χ2v) is 4.92. The number of carbonyl (C=O) groups is 1. The number of carbonyl (C=O) groups excluding carboxylic acids is 1. The van der Waals surface area contributed by atoms with Gasteiger partial charge in [-0.1, -0.05) is 48.5 Å². The summed E-state index contributed by atoms with van der Waals surface area (Å²) in [5.41, 5.74) is 7.22. The third kappa shape index (κ3) is 2.43. The number of primary amides is 1. The van der Waals surface area contributed by atoms with Crippen molar-refractivity contribution in [1.82, 2.24) is 4.90 Å². The molecule has 3 rings (SSSR count). The molecule has 0 radical (unpaired) electrons. The first kappa shape index (κ1) is 12.5. The van der Waals surface area contributed by atoms with Gasteiger partial charge in [-0.3, -0.25) is 4.79 Å². The molecule has 0 saturated heterocycles. The average Bonchev–Trinajstić information content (AvgIpc) is 2.48. The van der Waals surface area contributed by atoms with Crippen LogP contribution in [0.5, 0.6) is 0 Å². The van der Waals surface area contributed by atoms with Crippen LogP contribution in [0.2, 0.25) is 0 Å². The molecule has 1 aliphatic rings. The van der Waals surface area contributed by atoms with Crippen LogP contribution in [-0.4, -0.2) is 10.8 Å². The van der Waals surface area contributed by atoms with Crippen LogP contribution in [0.15, 0.2) is 66.5 Å². The van der Waals surface area contributed by atoms with Crippen molar-refractivity contribution in [1.29, 1.82) is 0 Å². The van der Waals surface area contributed by atoms with Crippen molar-refractivity contribution in [3.8, 4) is 0 Å². The van der Waals surface area contributed by atoms with E-state index in [9.17, 15) is 4.79 Å². The summed E-state index contributed by atoms with van der Waals surface area (Å²) in [5, 5.41) is 2.47. The molecule has 0 spiro atoms. The van der Waals surface area contributed by atoms with Gasteiger partial charge in [0.2, 0.25) is 5.91 Å². The molecule has 1 heterocycles. The number of nitrogens with two attached hydrogens (primary N) is 1. The fourth-order valence-electron chi connectivity index (χ4n) is 2.50. The van der Waals surface area contributed by atoms with E-state index in [-0.39, 0.29) is 5.91 Å². The SMILES string of the molecule is NC(=O)C1=CN(Cc2cccc3ccccc23)C=CC1. The molecule has 0 unspecified atom stereocenters. The van der Waals surface area contributed by atoms with Gasteiger partial charge in [-0.15, -0.1) is 0 Å². The smallest absolute Gasteiger partial charge is 0.246 e. The number of hydrogen-bond donors (Lipinski definition) is 1. The first-order chi connectivity index (χ1) is 9.74. The highest BCUT2D eigenvalue weighted by Crippen LogP contribution is 2.22. The highest BCUT2D eigenvalue weighted by Gasteiger charge is 2.11. The summed E-state index contributed by atoms with van der Waals surface area (Å²) in [6, 6.07) is 14.6. The largest absolute Gasteiger partial charge is 0.366 e. The van der Waals surface area contributed by atoms with Crippen LogP contribution >= 0.6 is 0 Å². The van der Waals surface area contributed by atoms with Crippen LogP contribution in [0.25, 0.3) is 10.8 Å². The van der Waals surface area contributed by atoms with Crippen molar-refractivity contribution in [2.75, 3.05) is 0 Å². The third-order valence-electron chi connectivity index (χ3n) is 3.51. The van der Waals surface area contributed by atoms with Gasteiger partial charge in [0.1, 0.15) is 0 Å². The van der Waals surface area contributed by atoms with E-state index in [1.165, 1.54) is 16.3 Å². The molecule has 2 aromatic carbocycles. The maximum absolute atomic E-state index is 11.3. The Labute approximate surface area is 118 Å². The Kier molecular flexibility index (Phi) is 3.25. The number of amides is 1. The zero-order valence-corrected chi connectivity index (χ0v) is 11.1. The van der Waals surface area contributed by atoms with Crippen LogP contribution in [0.1, 0.15) is 12.0 Å². The molecular weight excluding hydrogens is 248 g/mol. The number of benzene rings is 2. The molecule has 0 aliphatic carbocycles. The maximum atomic E-state index is 11.3. The monoisotopic (exact) mass is 264 g/mol. The molecule has 0 atom stereocenters. The molecular formula is C17H16N2O. The Hall–Kier alpha value is -2.55. The van der Waals surface area contributed by atoms with E-state index in [4.69, 9.17) is 5.73 Å². The number of fused-ring (bicyclic) bond motifs is 1. The maximum Gasteiger partial charge on any atom is 0.246 e. The Balaban J connectivity index is 1.92. The molecule has 0 aromatic heterocycles. The number of hydrogen-bond acceptors (Lipinski definition) is 2. The average molecular weight is 264 g/mol. The predicted octanol–water partition coefficient (Wildman–Crippen LogP) is 2.93. The summed E-state index contributed by atoms with van der Waals surface area (Å²) in [6.07, 6.45) is 6.41. The van der Waals surface area contributed by atoms with Crippen LogP contribution in [-0.2, 0) is 11.3 Å². The van der Waals surface area contributed by atoms with Crippen LogP contribution in [0.3, 0.4) is 0 Å². The van der Waals surface area contributed by atoms with Crippen molar-refractivity contribution in [3.63, 3.8) is 0 Å². The van der Waals surface area contributed by atoms with Gasteiger partial charge >= 0.3 is 0 Å². The Morgan fingerprint density at radius 3 is 2.80 bits per heavy atom. The minimum absolute atomic E-state index is 0.350. The number of allylic oxidation sites excluding steroid dienone is 1. The van der Waals surface area contributed by atoms with Gasteiger partial charge in [0, 0.05) is 24.5 Å². The van der Waals surface area contributed by atoms with Gasteiger partial charge in [-0.25, -0.2) is 0 Å². The molecule has 100 valence electrons. The van der Waals surface area contributed by atoms with Crippen LogP contribution in [0.4, 0.5) is 0 Å². The highest BCUT2D eigenvalue weighted by atomic mass is 16.1. The molecule has 1 aliphatic heterocycles. The molecule has 3 heteroatoms. The molecule has 1 amide bonds. The second kappa shape index (κ2) is 5.21. The third-order valence-corrected chi connectivity index (χ3v) is 3.51. The van der Waals surface area contributed by atoms with E-state index < -0.39 is 0 Å². The molecule has 20 heavy (non-hydrogen) atoms. The second-order valence-electron chi connectivity index (χ2n) is 4.92. The topological polar surface area (TPSA) is 46.3 Å². The number of nitrogens with zero attached hydrogens (tertiary/aromatic N) is 1. The molecule has 0 bridgehead atoms. The molecule has 2 aromatic rings. The fourth-order valence-corrected chi connectivity index (χ4v) is 2.50. The van der Waals surface area contributed by atoms with Crippen molar-refractivity contribution < 1.29 is 4.79 Å².